The van der Waals surface area contributed by atoms with Crippen LogP contribution in [0.1, 0.15) is 60.3 Å². The molecule has 1 heterocycles. The summed E-state index contributed by atoms with van der Waals surface area (Å²) < 4.78 is 15.8. The highest BCUT2D eigenvalue weighted by Gasteiger charge is 2.32. The average Bonchev–Trinajstić information content (AvgIpc) is 2.92. The third-order valence-corrected chi connectivity index (χ3v) is 5.99. The summed E-state index contributed by atoms with van der Waals surface area (Å²) in [7, 11) is 1.49. The van der Waals surface area contributed by atoms with E-state index in [9.17, 15) is 19.5 Å². The van der Waals surface area contributed by atoms with Gasteiger partial charge < -0.3 is 30.0 Å². The van der Waals surface area contributed by atoms with E-state index in [1.165, 1.54) is 19.4 Å². The van der Waals surface area contributed by atoms with Gasteiger partial charge in [0.1, 0.15) is 17.9 Å². The second-order valence-electron chi connectivity index (χ2n) is 10.5. The highest BCUT2D eigenvalue weighted by atomic mass is 16.6. The second-order valence-corrected chi connectivity index (χ2v) is 10.5. The Labute approximate surface area is 243 Å². The molecule has 1 aliphatic rings. The van der Waals surface area contributed by atoms with Crippen molar-refractivity contribution in [2.24, 2.45) is 11.3 Å². The van der Waals surface area contributed by atoms with Crippen LogP contribution in [0.5, 0.6) is 0 Å². The first-order valence-electron chi connectivity index (χ1n) is 13.5. The number of ether oxygens (including phenoxy) is 3. The van der Waals surface area contributed by atoms with Gasteiger partial charge >= 0.3 is 6.09 Å². The summed E-state index contributed by atoms with van der Waals surface area (Å²) >= 11 is 0. The van der Waals surface area contributed by atoms with Crippen LogP contribution in [-0.2, 0) is 23.8 Å². The van der Waals surface area contributed by atoms with Crippen molar-refractivity contribution in [3.63, 3.8) is 0 Å². The van der Waals surface area contributed by atoms with Crippen LogP contribution in [0.25, 0.3) is 0 Å². The van der Waals surface area contributed by atoms with Gasteiger partial charge in [0.05, 0.1) is 13.2 Å². The third kappa shape index (κ3) is 14.5. The smallest absolute Gasteiger partial charge is 0.421 e. The summed E-state index contributed by atoms with van der Waals surface area (Å²) in [5.74, 6) is 4.71. The van der Waals surface area contributed by atoms with E-state index in [2.05, 4.69) is 10.6 Å². The third-order valence-electron chi connectivity index (χ3n) is 5.99. The van der Waals surface area contributed by atoms with Gasteiger partial charge in [0.15, 0.2) is 0 Å². The number of carbonyl (C=O) groups excluding carboxylic acids is 3. The molecule has 41 heavy (non-hydrogen) atoms. The number of aliphatic hydroxyl groups is 1. The molecule has 0 aromatic rings. The van der Waals surface area contributed by atoms with Gasteiger partial charge in [0.25, 0.3) is 0 Å². The molecule has 1 rings (SSSR count). The number of carbonyl (C=O) groups is 3. The number of hydrogen-bond acceptors (Lipinski definition) is 8. The minimum atomic E-state index is -1.05. The monoisotopic (exact) mass is 574 g/mol. The van der Waals surface area contributed by atoms with E-state index < -0.39 is 35.9 Å². The molecule has 0 aliphatic carbocycles. The van der Waals surface area contributed by atoms with Gasteiger partial charge in [-0.25, -0.2) is 10.6 Å². The predicted octanol–water partition coefficient (Wildman–Crippen LogP) is 3.56. The van der Waals surface area contributed by atoms with Crippen LogP contribution in [0.15, 0.2) is 72.2 Å². The Morgan fingerprint density at radius 3 is 2.49 bits per heavy atom. The molecule has 11 nitrogen and oxygen atoms in total. The Kier molecular flexibility index (Phi) is 16.1. The first-order chi connectivity index (χ1) is 19.4. The molecule has 0 aromatic carbocycles. The highest BCUT2D eigenvalue weighted by Crippen LogP contribution is 2.21. The normalized spacial score (nSPS) is 19.8. The minimum absolute atomic E-state index is 0.144. The fourth-order valence-corrected chi connectivity index (χ4v) is 3.70. The summed E-state index contributed by atoms with van der Waals surface area (Å²) in [5.41, 5.74) is 2.34. The van der Waals surface area contributed by atoms with E-state index >= 15 is 0 Å². The molecule has 4 atom stereocenters. The van der Waals surface area contributed by atoms with E-state index in [1.807, 2.05) is 70.4 Å². The van der Waals surface area contributed by atoms with E-state index in [1.54, 1.807) is 18.2 Å². The number of rotatable bonds is 14. The number of nitrogens with two attached hydrogens (primary N) is 1. The first-order valence-corrected chi connectivity index (χ1v) is 13.5. The van der Waals surface area contributed by atoms with Crippen molar-refractivity contribution in [1.82, 2.24) is 16.1 Å². The Balaban J connectivity index is 2.63. The quantitative estimate of drug-likeness (QED) is 0.0525. The van der Waals surface area contributed by atoms with Gasteiger partial charge in [0, 0.05) is 18.9 Å². The maximum atomic E-state index is 12.9. The molecular weight excluding hydrogens is 528 g/mol. The van der Waals surface area contributed by atoms with Crippen molar-refractivity contribution in [2.45, 2.75) is 84.8 Å². The molecule has 228 valence electrons. The lowest BCUT2D eigenvalue weighted by molar-refractivity contribution is -0.140. The van der Waals surface area contributed by atoms with Crippen molar-refractivity contribution in [1.29, 1.82) is 0 Å². The zero-order valence-corrected chi connectivity index (χ0v) is 24.9. The zero-order chi connectivity index (χ0) is 30.8. The van der Waals surface area contributed by atoms with E-state index in [-0.39, 0.29) is 12.0 Å². The van der Waals surface area contributed by atoms with Crippen molar-refractivity contribution in [3.05, 3.63) is 72.2 Å². The number of aliphatic hydroxyl groups excluding tert-OH is 1. The molecular formula is C30H46N4O7. The van der Waals surface area contributed by atoms with E-state index in [0.717, 1.165) is 5.57 Å². The first kappa shape index (κ1) is 35.4. The Morgan fingerprint density at radius 2 is 1.88 bits per heavy atom. The number of nitrogens with one attached hydrogen (secondary N) is 3. The number of hydrogen-bond donors (Lipinski definition) is 5. The van der Waals surface area contributed by atoms with Gasteiger partial charge in [-0.3, -0.25) is 15.0 Å². The SMILES string of the molecule is C/C=C\CC(C/C=C\NC(=O)C(NC(=O)\C=C/C=C\C(C)=C\CC1CC=C(OC)C(O)O1)C(C)(C)C)OC(=O)NN. The van der Waals surface area contributed by atoms with Crippen molar-refractivity contribution < 1.29 is 33.7 Å². The maximum Gasteiger partial charge on any atom is 0.421 e. The molecule has 1 aliphatic heterocycles. The van der Waals surface area contributed by atoms with Crippen LogP contribution in [0.2, 0.25) is 0 Å². The molecule has 0 fully saturated rings. The second kappa shape index (κ2) is 18.6. The molecule has 0 radical (unpaired) electrons. The summed E-state index contributed by atoms with van der Waals surface area (Å²) in [4.78, 5) is 36.8. The zero-order valence-electron chi connectivity index (χ0n) is 24.9. The van der Waals surface area contributed by atoms with E-state index in [0.29, 0.717) is 31.4 Å². The van der Waals surface area contributed by atoms with Gasteiger partial charge in [0.2, 0.25) is 18.1 Å². The van der Waals surface area contributed by atoms with Crippen LogP contribution < -0.4 is 21.9 Å². The highest BCUT2D eigenvalue weighted by molar-refractivity contribution is 5.93. The van der Waals surface area contributed by atoms with Crippen LogP contribution >= 0.6 is 0 Å². The predicted molar refractivity (Wildman–Crippen MR) is 158 cm³/mol. The van der Waals surface area contributed by atoms with Gasteiger partial charge in [-0.15, -0.1) is 0 Å². The molecule has 0 spiro atoms. The molecule has 0 aromatic heterocycles. The van der Waals surface area contributed by atoms with Crippen molar-refractivity contribution >= 4 is 17.9 Å². The molecule has 0 saturated heterocycles. The topological polar surface area (TPSA) is 161 Å². The largest absolute Gasteiger partial charge is 0.496 e. The average molecular weight is 575 g/mol. The van der Waals surface area contributed by atoms with Crippen molar-refractivity contribution in [2.75, 3.05) is 7.11 Å². The maximum absolute atomic E-state index is 12.9. The van der Waals surface area contributed by atoms with Crippen LogP contribution in [0.3, 0.4) is 0 Å². The number of amides is 3. The fourth-order valence-electron chi connectivity index (χ4n) is 3.70. The fraction of sp³-hybridized carbons (Fsp3) is 0.500. The summed E-state index contributed by atoms with van der Waals surface area (Å²) in [5, 5.41) is 15.3. The van der Waals surface area contributed by atoms with E-state index in [4.69, 9.17) is 20.1 Å². The van der Waals surface area contributed by atoms with Crippen LogP contribution in [0.4, 0.5) is 4.79 Å². The summed E-state index contributed by atoms with van der Waals surface area (Å²) in [6.07, 6.45) is 16.9. The molecule has 0 bridgehead atoms. The lowest BCUT2D eigenvalue weighted by atomic mass is 9.86. The molecule has 11 heteroatoms. The lowest BCUT2D eigenvalue weighted by Crippen LogP contribution is -2.52. The number of hydrazine groups is 1. The van der Waals surface area contributed by atoms with Gasteiger partial charge in [-0.05, 0) is 44.4 Å². The number of methoxy groups -OCH3 is 1. The lowest BCUT2D eigenvalue weighted by Gasteiger charge is -2.29. The standard InChI is InChI=1S/C30H46N4O7/c1-7-8-13-22(41-29(38)34-31)14-11-20-32-27(36)26(30(3,4)5)33-25(35)15-10-9-12-21(2)16-17-23-18-19-24(39-6)28(37)40-23/h7-12,15-16,19-20,22-23,26,28,37H,13-14,17-18,31H2,1-6H3,(H,32,36)(H,33,35)(H,34,38)/b8-7-,12-9-,15-10-,20-11-,21-16+. The Morgan fingerprint density at radius 1 is 1.20 bits per heavy atom. The minimum Gasteiger partial charge on any atom is -0.496 e. The molecule has 4 unspecified atom stereocenters. The summed E-state index contributed by atoms with van der Waals surface area (Å²) in [6.45, 7) is 9.35. The van der Waals surface area contributed by atoms with Crippen LogP contribution in [-0.4, -0.2) is 54.7 Å². The molecule has 6 N–H and O–H groups in total. The Hall–Kier alpha value is -3.67. The molecule has 0 saturated carbocycles. The summed E-state index contributed by atoms with van der Waals surface area (Å²) in [6, 6.07) is -0.800. The van der Waals surface area contributed by atoms with Gasteiger partial charge in [-0.1, -0.05) is 68.9 Å². The van der Waals surface area contributed by atoms with Crippen LogP contribution in [0, 0.1) is 5.41 Å². The van der Waals surface area contributed by atoms with Crippen molar-refractivity contribution in [3.8, 4) is 0 Å². The molecule has 3 amide bonds. The van der Waals surface area contributed by atoms with Gasteiger partial charge in [-0.2, -0.15) is 0 Å². The number of allylic oxidation sites excluding steroid dienone is 5. The Bertz CT molecular complexity index is 1040.